The Morgan fingerprint density at radius 1 is 1.19 bits per heavy atom. The Kier molecular flexibility index (Phi) is 5.41. The molecule has 2 aromatic carbocycles. The maximum atomic E-state index is 12.6. The van der Waals surface area contributed by atoms with Crippen molar-refractivity contribution in [3.63, 3.8) is 0 Å². The van der Waals surface area contributed by atoms with Crippen molar-refractivity contribution in [3.05, 3.63) is 54.1 Å². The van der Waals surface area contributed by atoms with Crippen LogP contribution in [-0.4, -0.2) is 37.5 Å². The standard InChI is InChI=1S/C20H23N3O3/c1-22(14-15-9-11-16(26-2)12-10-15)20(25)21-17-6-3-4-7-18(17)23-13-5-8-19(23)24/h3-4,6-7,9-12H,5,8,13-14H2,1-2H3,(H,21,25). The Bertz CT molecular complexity index is 789. The number of benzene rings is 2. The highest BCUT2D eigenvalue weighted by atomic mass is 16.5. The van der Waals surface area contributed by atoms with E-state index in [4.69, 9.17) is 4.74 Å². The topological polar surface area (TPSA) is 61.9 Å². The van der Waals surface area contributed by atoms with Crippen LogP contribution >= 0.6 is 0 Å². The fourth-order valence-electron chi connectivity index (χ4n) is 3.00. The number of anilines is 2. The first-order valence-corrected chi connectivity index (χ1v) is 8.63. The number of carbonyl (C=O) groups excluding carboxylic acids is 2. The summed E-state index contributed by atoms with van der Waals surface area (Å²) < 4.78 is 5.15. The minimum Gasteiger partial charge on any atom is -0.497 e. The Balaban J connectivity index is 1.68. The van der Waals surface area contributed by atoms with Gasteiger partial charge in [0.1, 0.15) is 5.75 Å². The molecule has 6 heteroatoms. The van der Waals surface area contributed by atoms with Gasteiger partial charge in [0, 0.05) is 26.6 Å². The summed E-state index contributed by atoms with van der Waals surface area (Å²) in [5.41, 5.74) is 2.40. The van der Waals surface area contributed by atoms with E-state index in [0.29, 0.717) is 25.2 Å². The van der Waals surface area contributed by atoms with Gasteiger partial charge in [-0.25, -0.2) is 4.79 Å². The zero-order valence-electron chi connectivity index (χ0n) is 15.1. The fraction of sp³-hybridized carbons (Fsp3) is 0.300. The molecule has 0 bridgehead atoms. The molecule has 1 N–H and O–H groups in total. The second-order valence-corrected chi connectivity index (χ2v) is 6.30. The highest BCUT2D eigenvalue weighted by molar-refractivity contribution is 6.01. The first kappa shape index (κ1) is 17.8. The molecule has 1 saturated heterocycles. The molecule has 0 aliphatic carbocycles. The third-order valence-corrected chi connectivity index (χ3v) is 4.44. The average molecular weight is 353 g/mol. The SMILES string of the molecule is COc1ccc(CN(C)C(=O)Nc2ccccc2N2CCCC2=O)cc1. The molecule has 6 nitrogen and oxygen atoms in total. The molecule has 136 valence electrons. The van der Waals surface area contributed by atoms with E-state index in [9.17, 15) is 9.59 Å². The van der Waals surface area contributed by atoms with Crippen LogP contribution in [0.5, 0.6) is 5.75 Å². The van der Waals surface area contributed by atoms with Crippen LogP contribution in [0.3, 0.4) is 0 Å². The molecule has 3 rings (SSSR count). The Morgan fingerprint density at radius 3 is 2.58 bits per heavy atom. The van der Waals surface area contributed by atoms with Crippen molar-refractivity contribution in [3.8, 4) is 5.75 Å². The molecule has 0 radical (unpaired) electrons. The summed E-state index contributed by atoms with van der Waals surface area (Å²) in [4.78, 5) is 27.9. The molecule has 0 aromatic heterocycles. The molecule has 1 heterocycles. The Morgan fingerprint density at radius 2 is 1.92 bits per heavy atom. The van der Waals surface area contributed by atoms with Crippen molar-refractivity contribution in [2.45, 2.75) is 19.4 Å². The molecule has 0 unspecified atom stereocenters. The van der Waals surface area contributed by atoms with Gasteiger partial charge >= 0.3 is 6.03 Å². The lowest BCUT2D eigenvalue weighted by molar-refractivity contribution is -0.117. The number of rotatable bonds is 5. The number of ether oxygens (including phenoxy) is 1. The number of carbonyl (C=O) groups is 2. The van der Waals surface area contributed by atoms with Gasteiger partial charge in [-0.3, -0.25) is 4.79 Å². The lowest BCUT2D eigenvalue weighted by Gasteiger charge is -2.23. The molecule has 1 aliphatic rings. The van der Waals surface area contributed by atoms with Crippen molar-refractivity contribution in [1.29, 1.82) is 0 Å². The minimum atomic E-state index is -0.222. The first-order chi connectivity index (χ1) is 12.6. The molecule has 1 aliphatic heterocycles. The van der Waals surface area contributed by atoms with Gasteiger partial charge in [0.05, 0.1) is 18.5 Å². The summed E-state index contributed by atoms with van der Waals surface area (Å²) in [6.45, 7) is 1.16. The largest absolute Gasteiger partial charge is 0.497 e. The van der Waals surface area contributed by atoms with Crippen LogP contribution < -0.4 is 15.0 Å². The van der Waals surface area contributed by atoms with Crippen LogP contribution in [0.1, 0.15) is 18.4 Å². The number of para-hydroxylation sites is 2. The molecule has 2 aromatic rings. The van der Waals surface area contributed by atoms with E-state index >= 15 is 0 Å². The van der Waals surface area contributed by atoms with Gasteiger partial charge in [0.15, 0.2) is 0 Å². The second-order valence-electron chi connectivity index (χ2n) is 6.30. The number of methoxy groups -OCH3 is 1. The van der Waals surface area contributed by atoms with Crippen molar-refractivity contribution in [2.75, 3.05) is 30.9 Å². The molecule has 3 amide bonds. The van der Waals surface area contributed by atoms with Crippen molar-refractivity contribution in [1.82, 2.24) is 4.90 Å². The molecule has 0 spiro atoms. The van der Waals surface area contributed by atoms with Gasteiger partial charge in [0.2, 0.25) is 5.91 Å². The Hall–Kier alpha value is -3.02. The van der Waals surface area contributed by atoms with Crippen molar-refractivity contribution >= 4 is 23.3 Å². The van der Waals surface area contributed by atoms with E-state index in [0.717, 1.165) is 23.4 Å². The fourth-order valence-corrected chi connectivity index (χ4v) is 3.00. The number of hydrogen-bond acceptors (Lipinski definition) is 3. The van der Waals surface area contributed by atoms with Gasteiger partial charge in [0.25, 0.3) is 0 Å². The van der Waals surface area contributed by atoms with Crippen LogP contribution in [0.25, 0.3) is 0 Å². The van der Waals surface area contributed by atoms with Gasteiger partial charge in [-0.15, -0.1) is 0 Å². The highest BCUT2D eigenvalue weighted by Gasteiger charge is 2.24. The number of nitrogens with zero attached hydrogens (tertiary/aromatic N) is 2. The maximum Gasteiger partial charge on any atom is 0.321 e. The predicted molar refractivity (Wildman–Crippen MR) is 102 cm³/mol. The van der Waals surface area contributed by atoms with E-state index in [1.807, 2.05) is 48.5 Å². The zero-order valence-corrected chi connectivity index (χ0v) is 15.1. The van der Waals surface area contributed by atoms with E-state index in [1.165, 1.54) is 0 Å². The summed E-state index contributed by atoms with van der Waals surface area (Å²) in [5.74, 6) is 0.878. The van der Waals surface area contributed by atoms with E-state index < -0.39 is 0 Å². The molecular weight excluding hydrogens is 330 g/mol. The average Bonchev–Trinajstić information content (AvgIpc) is 3.08. The third-order valence-electron chi connectivity index (χ3n) is 4.44. The van der Waals surface area contributed by atoms with E-state index in [1.54, 1.807) is 24.0 Å². The lowest BCUT2D eigenvalue weighted by Crippen LogP contribution is -2.32. The van der Waals surface area contributed by atoms with Crippen molar-refractivity contribution in [2.24, 2.45) is 0 Å². The van der Waals surface area contributed by atoms with Crippen LogP contribution in [-0.2, 0) is 11.3 Å². The number of urea groups is 1. The van der Waals surface area contributed by atoms with Crippen LogP contribution in [0.2, 0.25) is 0 Å². The molecule has 26 heavy (non-hydrogen) atoms. The minimum absolute atomic E-state index is 0.0956. The number of amides is 3. The van der Waals surface area contributed by atoms with Crippen molar-refractivity contribution < 1.29 is 14.3 Å². The third kappa shape index (κ3) is 3.96. The summed E-state index contributed by atoms with van der Waals surface area (Å²) >= 11 is 0. The molecular formula is C20H23N3O3. The number of nitrogens with one attached hydrogen (secondary N) is 1. The number of hydrogen-bond donors (Lipinski definition) is 1. The van der Waals surface area contributed by atoms with Gasteiger partial charge < -0.3 is 19.9 Å². The predicted octanol–water partition coefficient (Wildman–Crippen LogP) is 3.49. The lowest BCUT2D eigenvalue weighted by atomic mass is 10.2. The van der Waals surface area contributed by atoms with Crippen LogP contribution in [0.4, 0.5) is 16.2 Å². The smallest absolute Gasteiger partial charge is 0.321 e. The van der Waals surface area contributed by atoms with E-state index in [2.05, 4.69) is 5.32 Å². The normalized spacial score (nSPS) is 13.6. The summed E-state index contributed by atoms with van der Waals surface area (Å²) in [7, 11) is 3.36. The van der Waals surface area contributed by atoms with Gasteiger partial charge in [-0.1, -0.05) is 24.3 Å². The molecule has 0 atom stereocenters. The maximum absolute atomic E-state index is 12.6. The van der Waals surface area contributed by atoms with E-state index in [-0.39, 0.29) is 11.9 Å². The summed E-state index contributed by atoms with van der Waals surface area (Å²) in [6, 6.07) is 14.8. The quantitative estimate of drug-likeness (QED) is 0.895. The highest BCUT2D eigenvalue weighted by Crippen LogP contribution is 2.29. The summed E-state index contributed by atoms with van der Waals surface area (Å²) in [5, 5.41) is 2.92. The van der Waals surface area contributed by atoms with Crippen LogP contribution in [0.15, 0.2) is 48.5 Å². The zero-order chi connectivity index (χ0) is 18.5. The molecule has 1 fully saturated rings. The second kappa shape index (κ2) is 7.91. The monoisotopic (exact) mass is 353 g/mol. The van der Waals surface area contributed by atoms with Gasteiger partial charge in [-0.05, 0) is 36.2 Å². The van der Waals surface area contributed by atoms with Crippen LogP contribution in [0, 0.1) is 0 Å². The Labute approximate surface area is 153 Å². The molecule has 0 saturated carbocycles. The van der Waals surface area contributed by atoms with Gasteiger partial charge in [-0.2, -0.15) is 0 Å². The summed E-state index contributed by atoms with van der Waals surface area (Å²) in [6.07, 6.45) is 1.40. The first-order valence-electron chi connectivity index (χ1n) is 8.63.